The molecule has 0 spiro atoms. The van der Waals surface area contributed by atoms with Crippen molar-refractivity contribution < 1.29 is 36.7 Å². The summed E-state index contributed by atoms with van der Waals surface area (Å²) in [6.07, 6.45) is 0.348. The molecule has 0 aromatic heterocycles. The van der Waals surface area contributed by atoms with E-state index in [9.17, 15) is 22.4 Å². The number of ether oxygens (including phenoxy) is 2. The number of halogens is 1. The summed E-state index contributed by atoms with van der Waals surface area (Å²) in [7, 11) is -1.14. The van der Waals surface area contributed by atoms with Crippen LogP contribution < -0.4 is 4.31 Å². The molecule has 1 aromatic carbocycles. The summed E-state index contributed by atoms with van der Waals surface area (Å²) in [5.74, 6) is -2.72. The number of hydrogen-bond acceptors (Lipinski definition) is 9. The smallest absolute Gasteiger partial charge is 0.364 e. The highest BCUT2D eigenvalue weighted by molar-refractivity contribution is 7.92. The minimum absolute atomic E-state index is 0.0108. The second kappa shape index (κ2) is 8.96. The van der Waals surface area contributed by atoms with Crippen LogP contribution in [0.5, 0.6) is 0 Å². The third-order valence-corrected chi connectivity index (χ3v) is 5.40. The number of benzene rings is 1. The Bertz CT molecular complexity index is 967. The Morgan fingerprint density at radius 1 is 1.27 bits per heavy atom. The lowest BCUT2D eigenvalue weighted by molar-refractivity contribution is -0.207. The van der Waals surface area contributed by atoms with E-state index in [1.807, 2.05) is 0 Å². The minimum atomic E-state index is -3.74. The first kappa shape index (κ1) is 23.5. The molecule has 1 aliphatic heterocycles. The van der Waals surface area contributed by atoms with E-state index in [-0.39, 0.29) is 30.3 Å². The van der Waals surface area contributed by atoms with Crippen LogP contribution in [0.2, 0.25) is 0 Å². The molecule has 0 N–H and O–H groups in total. The molecule has 2 rings (SSSR count). The van der Waals surface area contributed by atoms with Gasteiger partial charge in [-0.05, 0) is 26.0 Å². The van der Waals surface area contributed by atoms with Crippen molar-refractivity contribution in [3.63, 3.8) is 0 Å². The highest BCUT2D eigenvalue weighted by Gasteiger charge is 2.51. The van der Waals surface area contributed by atoms with Gasteiger partial charge in [-0.1, -0.05) is 6.07 Å². The number of esters is 2. The molecular formula is C18H24FN3O7S. The number of carbonyl (C=O) groups is 2. The van der Waals surface area contributed by atoms with Gasteiger partial charge in [0.15, 0.2) is 5.84 Å². The molecular weight excluding hydrogens is 421 g/mol. The van der Waals surface area contributed by atoms with Gasteiger partial charge in [0.1, 0.15) is 12.2 Å². The van der Waals surface area contributed by atoms with Crippen LogP contribution in [0.15, 0.2) is 23.2 Å². The summed E-state index contributed by atoms with van der Waals surface area (Å²) in [5.41, 5.74) is -2.37. The highest BCUT2D eigenvalue weighted by Crippen LogP contribution is 2.34. The number of sulfonamides is 1. The van der Waals surface area contributed by atoms with Crippen LogP contribution in [0.1, 0.15) is 25.8 Å². The number of anilines is 1. The maximum atomic E-state index is 14.8. The second-order valence-corrected chi connectivity index (χ2v) is 8.39. The van der Waals surface area contributed by atoms with Crippen LogP contribution in [0.4, 0.5) is 10.1 Å². The van der Waals surface area contributed by atoms with Crippen LogP contribution >= 0.6 is 0 Å². The minimum Gasteiger partial charge on any atom is -0.466 e. The zero-order valence-corrected chi connectivity index (χ0v) is 18.2. The van der Waals surface area contributed by atoms with E-state index in [0.717, 1.165) is 21.7 Å². The Morgan fingerprint density at radius 3 is 2.47 bits per heavy atom. The number of aliphatic imine (C=N–C) groups is 1. The molecule has 0 bridgehead atoms. The van der Waals surface area contributed by atoms with E-state index in [4.69, 9.17) is 14.3 Å². The molecule has 1 unspecified atom stereocenters. The molecule has 10 nitrogen and oxygen atoms in total. The maximum absolute atomic E-state index is 14.8. The third-order valence-electron chi connectivity index (χ3n) is 4.21. The van der Waals surface area contributed by atoms with Crippen LogP contribution in [0, 0.1) is 5.82 Å². The fourth-order valence-electron chi connectivity index (χ4n) is 2.80. The van der Waals surface area contributed by atoms with Gasteiger partial charge in [-0.2, -0.15) is 0 Å². The van der Waals surface area contributed by atoms with Crippen molar-refractivity contribution in [2.75, 3.05) is 37.9 Å². The summed E-state index contributed by atoms with van der Waals surface area (Å²) >= 11 is 0. The number of rotatable bonds is 8. The van der Waals surface area contributed by atoms with Crippen molar-refractivity contribution in [2.24, 2.45) is 4.99 Å². The van der Waals surface area contributed by atoms with E-state index >= 15 is 0 Å². The summed E-state index contributed by atoms with van der Waals surface area (Å²) in [5, 5.41) is 0.994. The van der Waals surface area contributed by atoms with Crippen molar-refractivity contribution in [2.45, 2.75) is 26.0 Å². The molecule has 0 saturated heterocycles. The molecule has 0 radical (unpaired) electrons. The van der Waals surface area contributed by atoms with Gasteiger partial charge in [-0.3, -0.25) is 9.10 Å². The Labute approximate surface area is 174 Å². The molecule has 166 valence electrons. The fourth-order valence-corrected chi connectivity index (χ4v) is 3.31. The van der Waals surface area contributed by atoms with E-state index in [0.29, 0.717) is 0 Å². The first-order valence-corrected chi connectivity index (χ1v) is 10.9. The summed E-state index contributed by atoms with van der Waals surface area (Å²) in [6.45, 7) is 3.22. The molecule has 1 atom stereocenters. The summed E-state index contributed by atoms with van der Waals surface area (Å²) in [6, 6.07) is 3.83. The van der Waals surface area contributed by atoms with Gasteiger partial charge in [0.25, 0.3) is 5.72 Å². The van der Waals surface area contributed by atoms with Crippen LogP contribution in [0.25, 0.3) is 0 Å². The number of hydrogen-bond donors (Lipinski definition) is 0. The Hall–Kier alpha value is -2.73. The van der Waals surface area contributed by atoms with Gasteiger partial charge in [-0.15, -0.1) is 0 Å². The van der Waals surface area contributed by atoms with Gasteiger partial charge in [0.05, 0.1) is 30.7 Å². The second-order valence-electron chi connectivity index (χ2n) is 6.38. The molecule has 12 heteroatoms. The molecule has 0 aliphatic carbocycles. The third kappa shape index (κ3) is 4.70. The van der Waals surface area contributed by atoms with E-state index in [1.165, 1.54) is 26.2 Å². The Morgan fingerprint density at radius 2 is 1.90 bits per heavy atom. The van der Waals surface area contributed by atoms with Crippen molar-refractivity contribution >= 4 is 33.5 Å². The Kier molecular flexibility index (Phi) is 7.03. The van der Waals surface area contributed by atoms with Gasteiger partial charge in [-0.25, -0.2) is 32.5 Å². The molecule has 0 amide bonds. The molecule has 1 heterocycles. The standard InChI is InChI=1S/C18H24FN3O7S/c1-6-27-14(23)11-18(17(24)28-7-2)20-16(21(3)29-18)15-12(19)9-8-10-13(15)22(4)30(5,25)26/h8-10H,6-7,11H2,1-5H3. The van der Waals surface area contributed by atoms with Crippen LogP contribution in [-0.2, 0) is 33.9 Å². The first-order valence-electron chi connectivity index (χ1n) is 9.05. The summed E-state index contributed by atoms with van der Waals surface area (Å²) in [4.78, 5) is 34.4. The van der Waals surface area contributed by atoms with Crippen molar-refractivity contribution in [3.8, 4) is 0 Å². The quantitative estimate of drug-likeness (QED) is 0.546. The topological polar surface area (TPSA) is 115 Å². The molecule has 0 fully saturated rings. The van der Waals surface area contributed by atoms with Gasteiger partial charge in [0.2, 0.25) is 10.0 Å². The maximum Gasteiger partial charge on any atom is 0.364 e. The van der Waals surface area contributed by atoms with Gasteiger partial charge < -0.3 is 9.47 Å². The van der Waals surface area contributed by atoms with Crippen molar-refractivity contribution in [1.82, 2.24) is 5.06 Å². The lowest BCUT2D eigenvalue weighted by Crippen LogP contribution is -2.43. The van der Waals surface area contributed by atoms with Crippen LogP contribution in [0.3, 0.4) is 0 Å². The molecule has 1 aliphatic rings. The predicted octanol–water partition coefficient (Wildman–Crippen LogP) is 1.06. The van der Waals surface area contributed by atoms with E-state index in [2.05, 4.69) is 4.99 Å². The van der Waals surface area contributed by atoms with Crippen molar-refractivity contribution in [3.05, 3.63) is 29.6 Å². The summed E-state index contributed by atoms with van der Waals surface area (Å²) < 4.78 is 49.6. The fraction of sp³-hybridized carbons (Fsp3) is 0.500. The monoisotopic (exact) mass is 445 g/mol. The lowest BCUT2D eigenvalue weighted by atomic mass is 10.1. The molecule has 1 aromatic rings. The number of nitrogens with zero attached hydrogens (tertiary/aromatic N) is 3. The van der Waals surface area contributed by atoms with Gasteiger partial charge in [0, 0.05) is 14.1 Å². The average molecular weight is 445 g/mol. The van der Waals surface area contributed by atoms with E-state index < -0.39 is 39.9 Å². The number of carbonyl (C=O) groups excluding carboxylic acids is 2. The highest BCUT2D eigenvalue weighted by atomic mass is 32.2. The number of amidine groups is 1. The van der Waals surface area contributed by atoms with Gasteiger partial charge >= 0.3 is 11.9 Å². The normalized spacial score (nSPS) is 18.7. The zero-order chi connectivity index (χ0) is 22.7. The van der Waals surface area contributed by atoms with E-state index in [1.54, 1.807) is 13.8 Å². The van der Waals surface area contributed by atoms with Crippen molar-refractivity contribution in [1.29, 1.82) is 0 Å². The van der Waals surface area contributed by atoms with Crippen LogP contribution in [-0.4, -0.2) is 70.5 Å². The molecule has 0 saturated carbocycles. The SMILES string of the molecule is CCOC(=O)CC1(C(=O)OCC)N=C(c2c(F)cccc2N(C)S(C)(=O)=O)N(C)O1. The number of hydroxylamine groups is 2. The Balaban J connectivity index is 2.65. The zero-order valence-electron chi connectivity index (χ0n) is 17.3. The predicted molar refractivity (Wildman–Crippen MR) is 106 cm³/mol. The largest absolute Gasteiger partial charge is 0.466 e. The lowest BCUT2D eigenvalue weighted by Gasteiger charge is -2.24. The first-order chi connectivity index (χ1) is 14.0. The molecule has 30 heavy (non-hydrogen) atoms. The average Bonchev–Trinajstić information content (AvgIpc) is 2.97.